The fourth-order valence-electron chi connectivity index (χ4n) is 2.08. The zero-order chi connectivity index (χ0) is 18.9. The molecule has 0 radical (unpaired) electrons. The average molecular weight is 351 g/mol. The number of hydrogen-bond acceptors (Lipinski definition) is 5. The Morgan fingerprint density at radius 2 is 1.35 bits per heavy atom. The van der Waals surface area contributed by atoms with Crippen LogP contribution in [-0.4, -0.2) is 30.0 Å². The summed E-state index contributed by atoms with van der Waals surface area (Å²) in [4.78, 5) is 34.5. The summed E-state index contributed by atoms with van der Waals surface area (Å²) in [7, 11) is 1.30. The van der Waals surface area contributed by atoms with Crippen molar-refractivity contribution in [1.82, 2.24) is 5.48 Å². The molecule has 6 heteroatoms. The molecule has 0 atom stereocenters. The van der Waals surface area contributed by atoms with Gasteiger partial charge in [-0.15, -0.1) is 0 Å². The van der Waals surface area contributed by atoms with E-state index in [0.717, 1.165) is 11.1 Å². The molecular formula is C20H17NO5. The number of carbonyl (C=O) groups excluding carboxylic acids is 3. The lowest BCUT2D eigenvalue weighted by Crippen LogP contribution is -2.14. The number of hydroxylamine groups is 1. The maximum absolute atomic E-state index is 12.2. The number of rotatable bonds is 6. The largest absolute Gasteiger partial charge is 0.465 e. The first kappa shape index (κ1) is 18.8. The molecule has 132 valence electrons. The van der Waals surface area contributed by atoms with Crippen molar-refractivity contribution in [1.29, 1.82) is 0 Å². The summed E-state index contributed by atoms with van der Waals surface area (Å²) in [6, 6.07) is 13.3. The Balaban J connectivity index is 2.02. The van der Waals surface area contributed by atoms with E-state index in [1.807, 2.05) is 0 Å². The summed E-state index contributed by atoms with van der Waals surface area (Å²) in [6.07, 6.45) is 5.86. The number of esters is 1. The molecule has 2 aromatic rings. The van der Waals surface area contributed by atoms with Crippen molar-refractivity contribution >= 4 is 29.8 Å². The summed E-state index contributed by atoms with van der Waals surface area (Å²) in [6.45, 7) is 0. The van der Waals surface area contributed by atoms with Crippen LogP contribution in [0.5, 0.6) is 0 Å². The number of hydrogen-bond donors (Lipinski definition) is 2. The quantitative estimate of drug-likeness (QED) is 0.274. The zero-order valence-corrected chi connectivity index (χ0v) is 14.0. The molecule has 2 rings (SSSR count). The summed E-state index contributed by atoms with van der Waals surface area (Å²) in [5.74, 6) is -1.26. The van der Waals surface area contributed by atoms with Crippen LogP contribution >= 0.6 is 0 Å². The summed E-state index contributed by atoms with van der Waals surface area (Å²) >= 11 is 0. The predicted molar refractivity (Wildman–Crippen MR) is 96.6 cm³/mol. The van der Waals surface area contributed by atoms with Gasteiger partial charge in [0.2, 0.25) is 0 Å². The molecule has 0 bridgehead atoms. The van der Waals surface area contributed by atoms with Crippen LogP contribution in [0.4, 0.5) is 0 Å². The number of nitrogens with one attached hydrogen (secondary N) is 1. The van der Waals surface area contributed by atoms with E-state index in [9.17, 15) is 14.4 Å². The molecule has 0 saturated carbocycles. The van der Waals surface area contributed by atoms with E-state index in [-0.39, 0.29) is 5.78 Å². The molecule has 6 nitrogen and oxygen atoms in total. The molecule has 0 heterocycles. The van der Waals surface area contributed by atoms with Gasteiger partial charge in [0.15, 0.2) is 5.78 Å². The highest BCUT2D eigenvalue weighted by Gasteiger charge is 2.06. The van der Waals surface area contributed by atoms with Crippen molar-refractivity contribution in [2.75, 3.05) is 7.11 Å². The maximum Gasteiger partial charge on any atom is 0.337 e. The van der Waals surface area contributed by atoms with E-state index >= 15 is 0 Å². The second-order valence-electron chi connectivity index (χ2n) is 5.24. The molecule has 0 aliphatic carbocycles. The second kappa shape index (κ2) is 9.10. The van der Waals surface area contributed by atoms with Crippen LogP contribution in [-0.2, 0) is 9.53 Å². The number of ketones is 1. The van der Waals surface area contributed by atoms with Gasteiger partial charge in [0.1, 0.15) is 0 Å². The smallest absolute Gasteiger partial charge is 0.337 e. The normalized spacial score (nSPS) is 10.8. The fourth-order valence-corrected chi connectivity index (χ4v) is 2.08. The van der Waals surface area contributed by atoms with Crippen LogP contribution in [0.2, 0.25) is 0 Å². The minimum atomic E-state index is -0.613. The predicted octanol–water partition coefficient (Wildman–Crippen LogP) is 2.89. The minimum absolute atomic E-state index is 0.190. The van der Waals surface area contributed by atoms with E-state index in [1.165, 1.54) is 36.9 Å². The van der Waals surface area contributed by atoms with E-state index in [2.05, 4.69) is 4.74 Å². The number of amides is 1. The van der Waals surface area contributed by atoms with Crippen LogP contribution < -0.4 is 5.48 Å². The van der Waals surface area contributed by atoms with Gasteiger partial charge >= 0.3 is 5.97 Å². The van der Waals surface area contributed by atoms with Gasteiger partial charge < -0.3 is 4.74 Å². The van der Waals surface area contributed by atoms with Crippen molar-refractivity contribution in [3.8, 4) is 0 Å². The van der Waals surface area contributed by atoms with Crippen LogP contribution in [0, 0.1) is 0 Å². The lowest BCUT2D eigenvalue weighted by atomic mass is 10.1. The summed E-state index contributed by atoms with van der Waals surface area (Å²) < 4.78 is 4.61. The Morgan fingerprint density at radius 1 is 0.846 bits per heavy atom. The lowest BCUT2D eigenvalue weighted by molar-refractivity contribution is -0.124. The molecule has 0 spiro atoms. The minimum Gasteiger partial charge on any atom is -0.465 e. The Morgan fingerprint density at radius 3 is 1.85 bits per heavy atom. The van der Waals surface area contributed by atoms with Gasteiger partial charge in [0.05, 0.1) is 12.7 Å². The first-order valence-corrected chi connectivity index (χ1v) is 7.66. The number of carbonyl (C=O) groups is 3. The molecule has 0 unspecified atom stereocenters. The molecule has 1 amide bonds. The third-order valence-electron chi connectivity index (χ3n) is 3.49. The van der Waals surface area contributed by atoms with Crippen molar-refractivity contribution in [3.63, 3.8) is 0 Å². The van der Waals surface area contributed by atoms with Crippen LogP contribution in [0.1, 0.15) is 31.8 Å². The molecule has 2 N–H and O–H groups in total. The first-order chi connectivity index (χ1) is 12.5. The van der Waals surface area contributed by atoms with E-state index in [0.29, 0.717) is 11.1 Å². The van der Waals surface area contributed by atoms with Crippen molar-refractivity contribution in [3.05, 3.63) is 82.9 Å². The van der Waals surface area contributed by atoms with Crippen molar-refractivity contribution in [2.45, 2.75) is 0 Å². The van der Waals surface area contributed by atoms with Gasteiger partial charge in [-0.1, -0.05) is 42.5 Å². The molecule has 2 aromatic carbocycles. The highest BCUT2D eigenvalue weighted by molar-refractivity contribution is 6.07. The number of allylic oxidation sites excluding steroid dienone is 1. The third kappa shape index (κ3) is 5.25. The molecule has 0 fully saturated rings. The molecule has 0 aliphatic rings. The monoisotopic (exact) mass is 351 g/mol. The second-order valence-corrected chi connectivity index (χ2v) is 5.24. The van der Waals surface area contributed by atoms with Gasteiger partial charge in [-0.05, 0) is 35.4 Å². The lowest BCUT2D eigenvalue weighted by Gasteiger charge is -2.00. The van der Waals surface area contributed by atoms with Crippen LogP contribution in [0.3, 0.4) is 0 Å². The topological polar surface area (TPSA) is 92.7 Å². The van der Waals surface area contributed by atoms with Gasteiger partial charge in [0, 0.05) is 11.6 Å². The van der Waals surface area contributed by atoms with Gasteiger partial charge in [-0.2, -0.15) is 0 Å². The van der Waals surface area contributed by atoms with Gasteiger partial charge in [0.25, 0.3) is 5.91 Å². The molecule has 26 heavy (non-hydrogen) atoms. The van der Waals surface area contributed by atoms with E-state index in [1.54, 1.807) is 48.6 Å². The Kier molecular flexibility index (Phi) is 6.59. The highest BCUT2D eigenvalue weighted by atomic mass is 16.5. The number of methoxy groups -OCH3 is 1. The standard InChI is InChI=1S/C20H17NO5/c1-26-20(24)17-10-8-16(9-11-17)18(22)12-6-14-2-4-15(5-3-14)7-13-19(23)21-25/h2-13,25H,1H3,(H,21,23). The number of benzene rings is 2. The average Bonchev–Trinajstić information content (AvgIpc) is 2.70. The van der Waals surface area contributed by atoms with Crippen LogP contribution in [0.25, 0.3) is 12.2 Å². The Bertz CT molecular complexity index is 849. The van der Waals surface area contributed by atoms with Gasteiger partial charge in [-0.25, -0.2) is 10.3 Å². The van der Waals surface area contributed by atoms with Crippen molar-refractivity contribution in [2.24, 2.45) is 0 Å². The summed E-state index contributed by atoms with van der Waals surface area (Å²) in [5, 5.41) is 8.41. The van der Waals surface area contributed by atoms with Crippen LogP contribution in [0.15, 0.2) is 60.7 Å². The SMILES string of the molecule is COC(=O)c1ccc(C(=O)C=Cc2ccc(C=CC(=O)NO)cc2)cc1. The molecule has 0 aliphatic heterocycles. The van der Waals surface area contributed by atoms with Gasteiger partial charge in [-0.3, -0.25) is 14.8 Å². The van der Waals surface area contributed by atoms with E-state index in [4.69, 9.17) is 5.21 Å². The maximum atomic E-state index is 12.2. The Labute approximate surface area is 150 Å². The molecule has 0 saturated heterocycles. The fraction of sp³-hybridized carbons (Fsp3) is 0.0500. The highest BCUT2D eigenvalue weighted by Crippen LogP contribution is 2.11. The molecule has 0 aromatic heterocycles. The number of ether oxygens (including phenoxy) is 1. The first-order valence-electron chi connectivity index (χ1n) is 7.66. The summed E-state index contributed by atoms with van der Waals surface area (Å²) in [5.41, 5.74) is 3.94. The third-order valence-corrected chi connectivity index (χ3v) is 3.49. The van der Waals surface area contributed by atoms with E-state index < -0.39 is 11.9 Å². The zero-order valence-electron chi connectivity index (χ0n) is 14.0. The Hall–Kier alpha value is -3.51. The molecular weight excluding hydrogens is 334 g/mol. The van der Waals surface area contributed by atoms with Crippen molar-refractivity contribution < 1.29 is 24.3 Å².